The van der Waals surface area contributed by atoms with Crippen LogP contribution in [-0.4, -0.2) is 20.6 Å². The standard InChI is InChI=1S/C15H14BrN5O3/c1-9-13(16)14(21(23)24)19-20(9)10(2)15(22)18-12-5-3-11(4-6-12)7-8-17/h3-6,10H,7H2,1-2H3,(H,18,22)/t10-/m1/s1. The third kappa shape index (κ3) is 3.60. The summed E-state index contributed by atoms with van der Waals surface area (Å²) in [6, 6.07) is 8.23. The molecule has 0 radical (unpaired) electrons. The molecule has 1 atom stereocenters. The van der Waals surface area contributed by atoms with Crippen molar-refractivity contribution in [1.29, 1.82) is 5.26 Å². The predicted octanol–water partition coefficient (Wildman–Crippen LogP) is 3.13. The van der Waals surface area contributed by atoms with Crippen molar-refractivity contribution in [3.8, 4) is 6.07 Å². The number of nitrogens with one attached hydrogen (secondary N) is 1. The number of amides is 1. The number of nitriles is 1. The summed E-state index contributed by atoms with van der Waals surface area (Å²) >= 11 is 3.13. The Bertz CT molecular complexity index is 823. The Morgan fingerprint density at radius 1 is 1.50 bits per heavy atom. The molecule has 0 aliphatic heterocycles. The van der Waals surface area contributed by atoms with Gasteiger partial charge in [0.25, 0.3) is 5.91 Å². The van der Waals surface area contributed by atoms with Crippen LogP contribution in [0, 0.1) is 28.4 Å². The van der Waals surface area contributed by atoms with Gasteiger partial charge < -0.3 is 15.4 Å². The van der Waals surface area contributed by atoms with E-state index in [0.29, 0.717) is 17.8 Å². The second-order valence-corrected chi connectivity index (χ2v) is 5.91. The van der Waals surface area contributed by atoms with Crippen molar-refractivity contribution in [2.75, 3.05) is 5.32 Å². The minimum Gasteiger partial charge on any atom is -0.358 e. The van der Waals surface area contributed by atoms with Crippen LogP contribution in [0.5, 0.6) is 0 Å². The van der Waals surface area contributed by atoms with Gasteiger partial charge in [0.1, 0.15) is 10.5 Å². The number of anilines is 1. The summed E-state index contributed by atoms with van der Waals surface area (Å²) in [7, 11) is 0. The van der Waals surface area contributed by atoms with E-state index in [4.69, 9.17) is 5.26 Å². The Balaban J connectivity index is 2.16. The molecule has 1 amide bonds. The number of aromatic nitrogens is 2. The third-order valence-corrected chi connectivity index (χ3v) is 4.41. The van der Waals surface area contributed by atoms with Gasteiger partial charge in [-0.05, 0) is 52.4 Å². The molecule has 0 aliphatic rings. The van der Waals surface area contributed by atoms with Crippen LogP contribution in [-0.2, 0) is 11.2 Å². The molecule has 0 bridgehead atoms. The smallest absolute Gasteiger partial charge is 0.358 e. The summed E-state index contributed by atoms with van der Waals surface area (Å²) in [4.78, 5) is 22.7. The Labute approximate surface area is 146 Å². The lowest BCUT2D eigenvalue weighted by Crippen LogP contribution is -2.25. The SMILES string of the molecule is Cc1c(Br)c([N+](=O)[O-])nn1[C@H](C)C(=O)Nc1ccc(CC#N)cc1. The summed E-state index contributed by atoms with van der Waals surface area (Å²) in [5.74, 6) is -0.677. The van der Waals surface area contributed by atoms with E-state index >= 15 is 0 Å². The van der Waals surface area contributed by atoms with Crippen LogP contribution in [0.1, 0.15) is 24.2 Å². The first-order valence-corrected chi connectivity index (χ1v) is 7.80. The number of hydrogen-bond acceptors (Lipinski definition) is 5. The number of rotatable bonds is 5. The molecule has 0 spiro atoms. The zero-order chi connectivity index (χ0) is 17.9. The summed E-state index contributed by atoms with van der Waals surface area (Å²) in [6.07, 6.45) is 0.300. The van der Waals surface area contributed by atoms with Crippen LogP contribution in [0.25, 0.3) is 0 Å². The normalized spacial score (nSPS) is 11.6. The van der Waals surface area contributed by atoms with Gasteiger partial charge in [-0.2, -0.15) is 9.94 Å². The highest BCUT2D eigenvalue weighted by atomic mass is 79.9. The van der Waals surface area contributed by atoms with Crippen molar-refractivity contribution in [2.24, 2.45) is 0 Å². The zero-order valence-corrected chi connectivity index (χ0v) is 14.6. The Hall–Kier alpha value is -2.73. The number of carbonyl (C=O) groups excluding carboxylic acids is 1. The fraction of sp³-hybridized carbons (Fsp3) is 0.267. The fourth-order valence-electron chi connectivity index (χ4n) is 2.13. The minimum absolute atomic E-state index is 0.257. The van der Waals surface area contributed by atoms with Crippen molar-refractivity contribution >= 4 is 33.3 Å². The van der Waals surface area contributed by atoms with Gasteiger partial charge in [0.15, 0.2) is 0 Å². The van der Waals surface area contributed by atoms with Gasteiger partial charge >= 0.3 is 5.82 Å². The second kappa shape index (κ2) is 7.23. The topological polar surface area (TPSA) is 114 Å². The van der Waals surface area contributed by atoms with Crippen LogP contribution < -0.4 is 5.32 Å². The van der Waals surface area contributed by atoms with Crippen molar-refractivity contribution in [2.45, 2.75) is 26.3 Å². The number of benzene rings is 1. The van der Waals surface area contributed by atoms with Crippen LogP contribution in [0.3, 0.4) is 0 Å². The van der Waals surface area contributed by atoms with E-state index in [1.807, 2.05) is 6.07 Å². The first kappa shape index (κ1) is 17.6. The van der Waals surface area contributed by atoms with Gasteiger partial charge in [-0.3, -0.25) is 4.79 Å². The molecule has 2 rings (SSSR count). The highest BCUT2D eigenvalue weighted by Crippen LogP contribution is 2.29. The summed E-state index contributed by atoms with van der Waals surface area (Å²) in [5, 5.41) is 26.2. The molecular formula is C15H14BrN5O3. The van der Waals surface area contributed by atoms with Crippen LogP contribution >= 0.6 is 15.9 Å². The fourth-order valence-corrected chi connectivity index (χ4v) is 2.54. The molecule has 8 nitrogen and oxygen atoms in total. The first-order valence-electron chi connectivity index (χ1n) is 7.01. The van der Waals surface area contributed by atoms with Crippen molar-refractivity contribution < 1.29 is 9.72 Å². The molecular weight excluding hydrogens is 378 g/mol. The maximum atomic E-state index is 12.4. The van der Waals surface area contributed by atoms with Gasteiger partial charge in [0.2, 0.25) is 0 Å². The molecule has 1 heterocycles. The lowest BCUT2D eigenvalue weighted by Gasteiger charge is -2.11. The van der Waals surface area contributed by atoms with Gasteiger partial charge in [-0.15, -0.1) is 0 Å². The number of nitrogens with zero attached hydrogens (tertiary/aromatic N) is 4. The summed E-state index contributed by atoms with van der Waals surface area (Å²) in [6.45, 7) is 3.25. The quantitative estimate of drug-likeness (QED) is 0.620. The van der Waals surface area contributed by atoms with Crippen LogP contribution in [0.2, 0.25) is 0 Å². The molecule has 0 saturated heterocycles. The number of carbonyl (C=O) groups is 1. The maximum Gasteiger partial charge on any atom is 0.404 e. The highest BCUT2D eigenvalue weighted by Gasteiger charge is 2.29. The van der Waals surface area contributed by atoms with E-state index in [0.717, 1.165) is 5.56 Å². The molecule has 1 N–H and O–H groups in total. The first-order chi connectivity index (χ1) is 11.3. The summed E-state index contributed by atoms with van der Waals surface area (Å²) < 4.78 is 1.56. The zero-order valence-electron chi connectivity index (χ0n) is 13.0. The lowest BCUT2D eigenvalue weighted by molar-refractivity contribution is -0.390. The van der Waals surface area contributed by atoms with Gasteiger partial charge in [0, 0.05) is 5.69 Å². The van der Waals surface area contributed by atoms with Crippen molar-refractivity contribution in [3.05, 3.63) is 50.1 Å². The number of hydrogen-bond donors (Lipinski definition) is 1. The molecule has 0 aliphatic carbocycles. The van der Waals surface area contributed by atoms with Crippen LogP contribution in [0.15, 0.2) is 28.7 Å². The molecule has 9 heteroatoms. The van der Waals surface area contributed by atoms with E-state index in [-0.39, 0.29) is 16.2 Å². The molecule has 0 fully saturated rings. The summed E-state index contributed by atoms with van der Waals surface area (Å²) in [5.41, 5.74) is 1.92. The average Bonchev–Trinajstić information content (AvgIpc) is 2.85. The Morgan fingerprint density at radius 3 is 2.62 bits per heavy atom. The number of halogens is 1. The maximum absolute atomic E-state index is 12.4. The van der Waals surface area contributed by atoms with E-state index < -0.39 is 11.0 Å². The van der Waals surface area contributed by atoms with Crippen molar-refractivity contribution in [1.82, 2.24) is 9.78 Å². The molecule has 0 saturated carbocycles. The minimum atomic E-state index is -0.728. The molecule has 1 aromatic carbocycles. The molecule has 0 unspecified atom stereocenters. The van der Waals surface area contributed by atoms with Gasteiger partial charge in [-0.1, -0.05) is 12.1 Å². The highest BCUT2D eigenvalue weighted by molar-refractivity contribution is 9.10. The molecule has 1 aromatic heterocycles. The van der Waals surface area contributed by atoms with Crippen LogP contribution in [0.4, 0.5) is 11.5 Å². The molecule has 124 valence electrons. The second-order valence-electron chi connectivity index (χ2n) is 5.12. The molecule has 24 heavy (non-hydrogen) atoms. The Morgan fingerprint density at radius 2 is 2.12 bits per heavy atom. The van der Waals surface area contributed by atoms with E-state index in [9.17, 15) is 14.9 Å². The van der Waals surface area contributed by atoms with Crippen molar-refractivity contribution in [3.63, 3.8) is 0 Å². The third-order valence-electron chi connectivity index (χ3n) is 3.48. The Kier molecular flexibility index (Phi) is 5.31. The number of nitro groups is 1. The van der Waals surface area contributed by atoms with E-state index in [1.54, 1.807) is 38.1 Å². The van der Waals surface area contributed by atoms with Gasteiger partial charge in [-0.25, -0.2) is 0 Å². The lowest BCUT2D eigenvalue weighted by atomic mass is 10.1. The predicted molar refractivity (Wildman–Crippen MR) is 90.4 cm³/mol. The van der Waals surface area contributed by atoms with Gasteiger partial charge in [0.05, 0.1) is 23.3 Å². The van der Waals surface area contributed by atoms with E-state index in [2.05, 4.69) is 26.3 Å². The average molecular weight is 392 g/mol. The largest absolute Gasteiger partial charge is 0.404 e. The van der Waals surface area contributed by atoms with E-state index in [1.165, 1.54) is 4.68 Å². The monoisotopic (exact) mass is 391 g/mol. The molecule has 2 aromatic rings.